The average molecular weight is 434 g/mol. The Hall–Kier alpha value is -4.07. The van der Waals surface area contributed by atoms with Gasteiger partial charge in [0.15, 0.2) is 0 Å². The molecule has 0 bridgehead atoms. The van der Waals surface area contributed by atoms with Crippen LogP contribution in [0.2, 0.25) is 0 Å². The summed E-state index contributed by atoms with van der Waals surface area (Å²) in [6.45, 7) is 6.95. The van der Waals surface area contributed by atoms with Gasteiger partial charge in [-0.1, -0.05) is 24.3 Å². The first-order valence-electron chi connectivity index (χ1n) is 10.2. The number of rotatable bonds is 6. The van der Waals surface area contributed by atoms with Crippen molar-refractivity contribution in [2.75, 3.05) is 16.0 Å². The Morgan fingerprint density at radius 2 is 1.44 bits per heavy atom. The smallest absolute Gasteiger partial charge is 0.340 e. The van der Waals surface area contributed by atoms with E-state index >= 15 is 0 Å². The Morgan fingerprint density at radius 3 is 2.09 bits per heavy atom. The second kappa shape index (κ2) is 9.82. The van der Waals surface area contributed by atoms with Gasteiger partial charge in [-0.05, 0) is 63.6 Å². The van der Waals surface area contributed by atoms with Gasteiger partial charge in [0.2, 0.25) is 0 Å². The molecule has 32 heavy (non-hydrogen) atoms. The van der Waals surface area contributed by atoms with E-state index in [9.17, 15) is 14.4 Å². The fraction of sp³-hybridized carbons (Fsp3) is 0.208. The summed E-state index contributed by atoms with van der Waals surface area (Å²) < 4.78 is 5.27. The number of aromatic amines is 1. The second-order valence-electron chi connectivity index (χ2n) is 7.56. The van der Waals surface area contributed by atoms with Crippen LogP contribution >= 0.6 is 0 Å². The molecule has 8 nitrogen and oxygen atoms in total. The number of anilines is 3. The number of nitrogens with one attached hydrogen (secondary N) is 4. The summed E-state index contributed by atoms with van der Waals surface area (Å²) in [4.78, 5) is 40.3. The van der Waals surface area contributed by atoms with Gasteiger partial charge in [-0.25, -0.2) is 9.59 Å². The van der Waals surface area contributed by atoms with Crippen LogP contribution in [0.15, 0.2) is 54.6 Å². The summed E-state index contributed by atoms with van der Waals surface area (Å²) in [7, 11) is 0. The van der Waals surface area contributed by atoms with Crippen LogP contribution in [-0.2, 0) is 4.74 Å². The molecule has 3 amide bonds. The summed E-state index contributed by atoms with van der Waals surface area (Å²) in [5.74, 6) is -0.874. The van der Waals surface area contributed by atoms with Gasteiger partial charge in [0.1, 0.15) is 5.69 Å². The monoisotopic (exact) mass is 434 g/mol. The van der Waals surface area contributed by atoms with Crippen LogP contribution in [0.1, 0.15) is 46.0 Å². The Morgan fingerprint density at radius 1 is 0.844 bits per heavy atom. The number of carbonyl (C=O) groups excluding carboxylic acids is 3. The second-order valence-corrected chi connectivity index (χ2v) is 7.56. The summed E-state index contributed by atoms with van der Waals surface area (Å²) in [6.07, 6.45) is -0.261. The van der Waals surface area contributed by atoms with Crippen molar-refractivity contribution in [3.63, 3.8) is 0 Å². The van der Waals surface area contributed by atoms with E-state index in [4.69, 9.17) is 4.74 Å². The average Bonchev–Trinajstić information content (AvgIpc) is 3.02. The molecule has 0 saturated carbocycles. The van der Waals surface area contributed by atoms with E-state index < -0.39 is 17.9 Å². The van der Waals surface area contributed by atoms with E-state index in [2.05, 4.69) is 20.9 Å². The zero-order valence-electron chi connectivity index (χ0n) is 18.4. The van der Waals surface area contributed by atoms with Gasteiger partial charge in [-0.15, -0.1) is 0 Å². The number of aryl methyl sites for hydroxylation is 1. The quantitative estimate of drug-likeness (QED) is 0.405. The molecule has 0 saturated heterocycles. The number of ether oxygens (including phenoxy) is 1. The number of para-hydroxylation sites is 1. The van der Waals surface area contributed by atoms with Crippen LogP contribution < -0.4 is 16.0 Å². The highest BCUT2D eigenvalue weighted by Gasteiger charge is 2.23. The maximum Gasteiger partial charge on any atom is 0.340 e. The minimum absolute atomic E-state index is 0.261. The van der Waals surface area contributed by atoms with E-state index in [-0.39, 0.29) is 11.8 Å². The van der Waals surface area contributed by atoms with Gasteiger partial charge in [0.25, 0.3) is 5.91 Å². The zero-order valence-corrected chi connectivity index (χ0v) is 18.4. The van der Waals surface area contributed by atoms with Crippen LogP contribution in [0.3, 0.4) is 0 Å². The molecule has 0 aliphatic carbocycles. The summed E-state index contributed by atoms with van der Waals surface area (Å²) >= 11 is 0. The first kappa shape index (κ1) is 22.6. The summed E-state index contributed by atoms with van der Waals surface area (Å²) in [6, 6.07) is 15.4. The molecule has 0 aliphatic rings. The number of urea groups is 1. The van der Waals surface area contributed by atoms with E-state index in [0.29, 0.717) is 33.9 Å². The molecule has 0 atom stereocenters. The Kier molecular flexibility index (Phi) is 6.94. The van der Waals surface area contributed by atoms with E-state index in [1.807, 2.05) is 18.2 Å². The van der Waals surface area contributed by atoms with Crippen LogP contribution in [0, 0.1) is 13.8 Å². The van der Waals surface area contributed by atoms with Crippen molar-refractivity contribution in [2.24, 2.45) is 0 Å². The molecule has 166 valence electrons. The first-order valence-corrected chi connectivity index (χ1v) is 10.2. The number of hydrogen-bond donors (Lipinski definition) is 4. The molecule has 3 rings (SSSR count). The van der Waals surface area contributed by atoms with Gasteiger partial charge in [0, 0.05) is 22.8 Å². The third-order valence-corrected chi connectivity index (χ3v) is 4.62. The SMILES string of the molecule is Cc1[nH]c(C(=O)Nc2cccc(NC(=O)Nc3ccccc3)c2)c(C)c1C(=O)OC(C)C. The maximum atomic E-state index is 12.8. The van der Waals surface area contributed by atoms with E-state index in [1.165, 1.54) is 0 Å². The lowest BCUT2D eigenvalue weighted by atomic mass is 10.1. The molecule has 1 aromatic heterocycles. The highest BCUT2D eigenvalue weighted by Crippen LogP contribution is 2.22. The normalized spacial score (nSPS) is 10.5. The Balaban J connectivity index is 1.70. The van der Waals surface area contributed by atoms with Gasteiger partial charge >= 0.3 is 12.0 Å². The molecule has 4 N–H and O–H groups in total. The molecule has 8 heteroatoms. The van der Waals surface area contributed by atoms with Gasteiger partial charge in [-0.3, -0.25) is 4.79 Å². The van der Waals surface area contributed by atoms with Crippen molar-refractivity contribution < 1.29 is 19.1 Å². The third-order valence-electron chi connectivity index (χ3n) is 4.62. The number of esters is 1. The third kappa shape index (κ3) is 5.54. The fourth-order valence-corrected chi connectivity index (χ4v) is 3.24. The minimum Gasteiger partial charge on any atom is -0.459 e. The molecule has 0 fully saturated rings. The molecule has 1 heterocycles. The lowest BCUT2D eigenvalue weighted by Crippen LogP contribution is -2.19. The Bertz CT molecular complexity index is 1140. The van der Waals surface area contributed by atoms with E-state index in [1.54, 1.807) is 64.1 Å². The lowest BCUT2D eigenvalue weighted by molar-refractivity contribution is 0.0376. The van der Waals surface area contributed by atoms with Crippen molar-refractivity contribution in [2.45, 2.75) is 33.8 Å². The number of aromatic nitrogens is 1. The van der Waals surface area contributed by atoms with Gasteiger partial charge in [0.05, 0.1) is 11.7 Å². The van der Waals surface area contributed by atoms with Crippen LogP contribution in [-0.4, -0.2) is 29.0 Å². The van der Waals surface area contributed by atoms with Crippen molar-refractivity contribution in [3.8, 4) is 0 Å². The Labute approximate surface area is 186 Å². The van der Waals surface area contributed by atoms with Crippen molar-refractivity contribution in [1.29, 1.82) is 0 Å². The van der Waals surface area contributed by atoms with Crippen molar-refractivity contribution in [3.05, 3.63) is 77.1 Å². The molecular formula is C24H26N4O4. The molecule has 2 aromatic carbocycles. The number of amides is 3. The van der Waals surface area contributed by atoms with Crippen LogP contribution in [0.25, 0.3) is 0 Å². The van der Waals surface area contributed by atoms with E-state index in [0.717, 1.165) is 0 Å². The molecule has 3 aromatic rings. The van der Waals surface area contributed by atoms with Crippen LogP contribution in [0.4, 0.5) is 21.9 Å². The number of H-pyrrole nitrogens is 1. The lowest BCUT2D eigenvalue weighted by Gasteiger charge is -2.10. The first-order chi connectivity index (χ1) is 15.2. The highest BCUT2D eigenvalue weighted by atomic mass is 16.5. The van der Waals surface area contributed by atoms with Gasteiger partial charge < -0.3 is 25.7 Å². The van der Waals surface area contributed by atoms with Crippen LogP contribution in [0.5, 0.6) is 0 Å². The van der Waals surface area contributed by atoms with Crippen molar-refractivity contribution >= 4 is 35.0 Å². The molecule has 0 spiro atoms. The number of benzene rings is 2. The highest BCUT2D eigenvalue weighted by molar-refractivity contribution is 6.07. The maximum absolute atomic E-state index is 12.8. The number of hydrogen-bond acceptors (Lipinski definition) is 4. The minimum atomic E-state index is -0.471. The predicted molar refractivity (Wildman–Crippen MR) is 124 cm³/mol. The topological polar surface area (TPSA) is 112 Å². The molecule has 0 radical (unpaired) electrons. The zero-order chi connectivity index (χ0) is 23.3. The largest absolute Gasteiger partial charge is 0.459 e. The molecular weight excluding hydrogens is 408 g/mol. The summed E-state index contributed by atoms with van der Waals surface area (Å²) in [5, 5.41) is 8.25. The standard InChI is InChI=1S/C24H26N4O4/c1-14(2)32-23(30)20-15(3)21(25-16(20)4)22(29)26-18-11-8-12-19(13-18)28-24(31)27-17-9-6-5-7-10-17/h5-14,25H,1-4H3,(H,26,29)(H2,27,28,31). The van der Waals surface area contributed by atoms with Gasteiger partial charge in [-0.2, -0.15) is 0 Å². The molecule has 0 aliphatic heterocycles. The predicted octanol–water partition coefficient (Wildman–Crippen LogP) is 5.09. The fourth-order valence-electron chi connectivity index (χ4n) is 3.24. The summed E-state index contributed by atoms with van der Waals surface area (Å²) in [5.41, 5.74) is 3.38. The molecule has 0 unspecified atom stereocenters. The van der Waals surface area contributed by atoms with Crippen molar-refractivity contribution in [1.82, 2.24) is 4.98 Å². The number of carbonyl (C=O) groups is 3.